The van der Waals surface area contributed by atoms with Crippen LogP contribution in [0.1, 0.15) is 22.3 Å². The Morgan fingerprint density at radius 2 is 0.494 bits per heavy atom. The Kier molecular flexibility index (Phi) is 9.87. The van der Waals surface area contributed by atoms with Crippen molar-refractivity contribution in [3.8, 4) is 90.6 Å². The van der Waals surface area contributed by atoms with Gasteiger partial charge in [-0.1, -0.05) is 121 Å². The average molecular weight is 1090 g/mol. The van der Waals surface area contributed by atoms with E-state index >= 15 is 0 Å². The molecule has 16 heteroatoms. The van der Waals surface area contributed by atoms with Gasteiger partial charge in [0.2, 0.25) is 0 Å². The summed E-state index contributed by atoms with van der Waals surface area (Å²) in [6, 6.07) is 68.3. The second-order valence-electron chi connectivity index (χ2n) is 21.1. The summed E-state index contributed by atoms with van der Waals surface area (Å²) in [6.45, 7) is 0. The van der Waals surface area contributed by atoms with Gasteiger partial charge in [-0.3, -0.25) is 18.3 Å². The highest BCUT2D eigenvalue weighted by molar-refractivity contribution is 5.99. The van der Waals surface area contributed by atoms with Crippen molar-refractivity contribution in [1.29, 1.82) is 0 Å². The fourth-order valence-electron chi connectivity index (χ4n) is 13.2. The van der Waals surface area contributed by atoms with Crippen LogP contribution < -0.4 is 0 Å². The van der Waals surface area contributed by atoms with E-state index in [4.69, 9.17) is 39.9 Å². The molecule has 0 bridgehead atoms. The van der Waals surface area contributed by atoms with E-state index in [2.05, 4.69) is 160 Å². The summed E-state index contributed by atoms with van der Waals surface area (Å²) in [6.07, 6.45) is 13.6. The Labute approximate surface area is 482 Å². The molecule has 1 spiro atoms. The molecule has 0 N–H and O–H groups in total. The molecule has 18 rings (SSSR count). The first-order valence-electron chi connectivity index (χ1n) is 27.7. The van der Waals surface area contributed by atoms with Gasteiger partial charge >= 0.3 is 0 Å². The van der Waals surface area contributed by atoms with Gasteiger partial charge in [-0.25, -0.2) is 59.8 Å². The van der Waals surface area contributed by atoms with Crippen molar-refractivity contribution in [2.24, 2.45) is 0 Å². The molecule has 2 aliphatic rings. The minimum atomic E-state index is -1.02. The van der Waals surface area contributed by atoms with Gasteiger partial charge in [0.1, 0.15) is 70.7 Å². The molecule has 396 valence electrons. The fraction of sp³-hybridized carbons (Fsp3) is 0.0145. The number of benzene rings is 8. The van der Waals surface area contributed by atoms with E-state index in [0.717, 1.165) is 135 Å². The monoisotopic (exact) mass is 1090 g/mol. The van der Waals surface area contributed by atoms with Gasteiger partial charge in [0, 0.05) is 45.0 Å². The zero-order valence-electron chi connectivity index (χ0n) is 44.7. The molecule has 0 amide bonds. The maximum absolute atomic E-state index is 5.32. The van der Waals surface area contributed by atoms with Crippen LogP contribution in [0.25, 0.3) is 135 Å². The maximum atomic E-state index is 5.32. The number of hydrogen-bond acceptors (Lipinski definition) is 12. The molecule has 0 radical (unpaired) electrons. The van der Waals surface area contributed by atoms with Crippen LogP contribution in [0.5, 0.6) is 0 Å². The SMILES string of the molecule is c1ccc(-n2c(-c3ccc4c(c3)C3(c5cc(-c6nc7ncncc7n6-c6ccccc6)ccc5-4)c4cc(-c5nc6ncncc6n5-c5ccccc5)ccc4-c4ccc(-c5nc6ncncc6n5-c5ccccc5)cc43)nc3ncncc32)cc1. The molecule has 8 heterocycles. The summed E-state index contributed by atoms with van der Waals surface area (Å²) in [5, 5.41) is 0. The van der Waals surface area contributed by atoms with Crippen molar-refractivity contribution in [1.82, 2.24) is 78.1 Å². The van der Waals surface area contributed by atoms with E-state index in [1.165, 1.54) is 0 Å². The van der Waals surface area contributed by atoms with Crippen LogP contribution in [0.4, 0.5) is 0 Å². The molecule has 0 atom stereocenters. The largest absolute Gasteiger partial charge is 0.289 e. The third-order valence-electron chi connectivity index (χ3n) is 16.7. The van der Waals surface area contributed by atoms with Gasteiger partial charge in [0.05, 0.1) is 30.2 Å². The van der Waals surface area contributed by atoms with Crippen molar-refractivity contribution in [2.75, 3.05) is 0 Å². The van der Waals surface area contributed by atoms with E-state index in [-0.39, 0.29) is 0 Å². The summed E-state index contributed by atoms with van der Waals surface area (Å²) in [7, 11) is 0. The van der Waals surface area contributed by atoms with Crippen LogP contribution in [-0.4, -0.2) is 78.1 Å². The fourth-order valence-corrected chi connectivity index (χ4v) is 13.2. The lowest BCUT2D eigenvalue weighted by Crippen LogP contribution is -2.26. The van der Waals surface area contributed by atoms with Crippen LogP contribution >= 0.6 is 0 Å². The first kappa shape index (κ1) is 46.7. The Morgan fingerprint density at radius 3 is 0.729 bits per heavy atom. The first-order chi connectivity index (χ1) is 42.2. The van der Waals surface area contributed by atoms with E-state index in [9.17, 15) is 0 Å². The Hall–Kier alpha value is -12.0. The van der Waals surface area contributed by atoms with Crippen LogP contribution in [-0.2, 0) is 5.41 Å². The second-order valence-corrected chi connectivity index (χ2v) is 21.1. The average Bonchev–Trinajstić information content (AvgIpc) is 1.53. The van der Waals surface area contributed by atoms with Crippen LogP contribution in [0.15, 0.2) is 244 Å². The van der Waals surface area contributed by atoms with E-state index in [1.807, 2.05) is 97.6 Å². The predicted molar refractivity (Wildman–Crippen MR) is 325 cm³/mol. The summed E-state index contributed by atoms with van der Waals surface area (Å²) >= 11 is 0. The molecule has 0 fully saturated rings. The summed E-state index contributed by atoms with van der Waals surface area (Å²) in [5.74, 6) is 2.91. The van der Waals surface area contributed by atoms with Crippen LogP contribution in [0.2, 0.25) is 0 Å². The maximum Gasteiger partial charge on any atom is 0.181 e. The molecule has 16 nitrogen and oxygen atoms in total. The van der Waals surface area contributed by atoms with Gasteiger partial charge in [0.25, 0.3) is 0 Å². The number of fused-ring (bicyclic) bond motifs is 14. The third-order valence-corrected chi connectivity index (χ3v) is 16.7. The molecule has 0 aliphatic heterocycles. The number of para-hydroxylation sites is 4. The molecular formula is C69H40N16. The van der Waals surface area contributed by atoms with Crippen molar-refractivity contribution in [2.45, 2.75) is 5.41 Å². The highest BCUT2D eigenvalue weighted by Gasteiger charge is 2.53. The highest BCUT2D eigenvalue weighted by atomic mass is 15.2. The van der Waals surface area contributed by atoms with E-state index in [1.54, 1.807) is 25.3 Å². The zero-order valence-corrected chi connectivity index (χ0v) is 44.7. The first-order valence-corrected chi connectivity index (χ1v) is 27.7. The van der Waals surface area contributed by atoms with Gasteiger partial charge in [0.15, 0.2) is 22.6 Å². The number of hydrogen-bond donors (Lipinski definition) is 0. The Morgan fingerprint density at radius 1 is 0.259 bits per heavy atom. The van der Waals surface area contributed by atoms with Gasteiger partial charge < -0.3 is 0 Å². The van der Waals surface area contributed by atoms with Crippen molar-refractivity contribution in [3.63, 3.8) is 0 Å². The van der Waals surface area contributed by atoms with Gasteiger partial charge in [-0.2, -0.15) is 0 Å². The Bertz CT molecular complexity index is 4710. The van der Waals surface area contributed by atoms with Crippen molar-refractivity contribution in [3.05, 3.63) is 266 Å². The lowest BCUT2D eigenvalue weighted by Gasteiger charge is -2.31. The molecule has 0 unspecified atom stereocenters. The molecule has 0 saturated heterocycles. The van der Waals surface area contributed by atoms with Crippen LogP contribution in [0.3, 0.4) is 0 Å². The summed E-state index contributed by atoms with van der Waals surface area (Å²) in [5.41, 5.74) is 20.4. The number of imidazole rings is 4. The normalized spacial score (nSPS) is 12.8. The lowest BCUT2D eigenvalue weighted by atomic mass is 9.69. The highest BCUT2D eigenvalue weighted by Crippen LogP contribution is 2.64. The molecule has 0 saturated carbocycles. The second kappa shape index (κ2) is 18.0. The molecule has 16 aromatic rings. The minimum absolute atomic E-state index is 0.589. The van der Waals surface area contributed by atoms with Gasteiger partial charge in [-0.15, -0.1) is 0 Å². The van der Waals surface area contributed by atoms with Gasteiger partial charge in [-0.05, 0) is 117 Å². The van der Waals surface area contributed by atoms with Crippen molar-refractivity contribution >= 4 is 44.7 Å². The molecule has 8 aromatic heterocycles. The third kappa shape index (κ3) is 6.78. The van der Waals surface area contributed by atoms with Crippen LogP contribution in [0, 0.1) is 0 Å². The number of aromatic nitrogens is 16. The van der Waals surface area contributed by atoms with Crippen molar-refractivity contribution < 1.29 is 0 Å². The number of rotatable bonds is 8. The number of nitrogens with zero attached hydrogens (tertiary/aromatic N) is 16. The molecule has 2 aliphatic carbocycles. The van der Waals surface area contributed by atoms with E-state index in [0.29, 0.717) is 22.6 Å². The zero-order chi connectivity index (χ0) is 55.7. The molecule has 8 aromatic carbocycles. The Balaban J connectivity index is 0.968. The smallest absolute Gasteiger partial charge is 0.181 e. The lowest BCUT2D eigenvalue weighted by molar-refractivity contribution is 0.794. The topological polar surface area (TPSA) is 174 Å². The standard InChI is InChI=1S/C69H40N16/c1-5-13-45(14-6-1)82-57-33-70-37-74-61(57)78-65(82)41-21-25-49-50-26-22-42(66-79-62-58(34-71-38-75-62)83(66)46-15-7-2-8-16-46)30-54(50)69(53(49)29-41)55-31-43(67-80-63-59(35-72-39-76-63)84(67)47-17-9-3-10-18-47)23-27-51(55)52-28-24-44(32-56(52)69)68-81-64-60(36-73-40-77-64)85(68)48-19-11-4-12-20-48/h1-40H. The predicted octanol–water partition coefficient (Wildman–Crippen LogP) is 13.2. The molecule has 85 heavy (non-hydrogen) atoms. The summed E-state index contributed by atoms with van der Waals surface area (Å²) in [4.78, 5) is 58.1. The van der Waals surface area contributed by atoms with E-state index < -0.39 is 5.41 Å². The minimum Gasteiger partial charge on any atom is -0.289 e. The molecular weight excluding hydrogens is 1050 g/mol. The quantitative estimate of drug-likeness (QED) is 0.141. The summed E-state index contributed by atoms with van der Waals surface area (Å²) < 4.78 is 8.62.